The molecule has 0 heterocycles. The highest BCUT2D eigenvalue weighted by Gasteiger charge is 2.20. The number of halogens is 2. The van der Waals surface area contributed by atoms with Gasteiger partial charge in [0, 0.05) is 16.1 Å². The minimum Gasteiger partial charge on any atom is -0.474 e. The maximum atomic E-state index is 12.5. The Labute approximate surface area is 207 Å². The highest BCUT2D eigenvalue weighted by Crippen LogP contribution is 2.27. The fourth-order valence-electron chi connectivity index (χ4n) is 2.70. The van der Waals surface area contributed by atoms with Gasteiger partial charge in [0.15, 0.2) is 11.9 Å². The Kier molecular flexibility index (Phi) is 8.34. The van der Waals surface area contributed by atoms with Crippen LogP contribution in [0.25, 0.3) is 0 Å². The van der Waals surface area contributed by atoms with E-state index in [2.05, 4.69) is 26.5 Å². The van der Waals surface area contributed by atoms with E-state index < -0.39 is 22.9 Å². The number of nitrogens with zero attached hydrogens (tertiary/aromatic N) is 2. The zero-order valence-corrected chi connectivity index (χ0v) is 19.9. The molecule has 3 rings (SSSR count). The SMILES string of the molecule is C[C@H](Oc1ccccc1[N+](=O)[O-])C(=O)N/N=C\c1cc(Br)ccc1OC(=O)c1ccccc1Cl. The Morgan fingerprint density at radius 3 is 2.56 bits per heavy atom. The first-order valence-corrected chi connectivity index (χ1v) is 10.9. The molecule has 1 atom stereocenters. The summed E-state index contributed by atoms with van der Waals surface area (Å²) in [6.45, 7) is 1.43. The van der Waals surface area contributed by atoms with Crippen molar-refractivity contribution < 1.29 is 24.0 Å². The summed E-state index contributed by atoms with van der Waals surface area (Å²) in [5.41, 5.74) is 2.63. The fraction of sp³-hybridized carbons (Fsp3) is 0.0870. The molecule has 0 spiro atoms. The Bertz CT molecular complexity index is 1270. The highest BCUT2D eigenvalue weighted by molar-refractivity contribution is 9.10. The first-order chi connectivity index (χ1) is 16.3. The first kappa shape index (κ1) is 24.9. The number of rotatable bonds is 8. The molecule has 0 bridgehead atoms. The maximum Gasteiger partial charge on any atom is 0.345 e. The minimum atomic E-state index is -1.07. The molecule has 174 valence electrons. The second kappa shape index (κ2) is 11.4. The summed E-state index contributed by atoms with van der Waals surface area (Å²) in [5, 5.41) is 15.2. The molecule has 0 aliphatic rings. The van der Waals surface area contributed by atoms with Gasteiger partial charge in [-0.05, 0) is 43.3 Å². The van der Waals surface area contributed by atoms with E-state index in [1.54, 1.807) is 42.5 Å². The van der Waals surface area contributed by atoms with Crippen LogP contribution in [0.15, 0.2) is 76.3 Å². The summed E-state index contributed by atoms with van der Waals surface area (Å²) >= 11 is 9.39. The molecule has 1 amide bonds. The van der Waals surface area contributed by atoms with Crippen molar-refractivity contribution in [1.29, 1.82) is 0 Å². The average molecular weight is 547 g/mol. The lowest BCUT2D eigenvalue weighted by Crippen LogP contribution is -2.33. The monoisotopic (exact) mass is 545 g/mol. The van der Waals surface area contributed by atoms with Crippen molar-refractivity contribution in [2.75, 3.05) is 0 Å². The number of esters is 1. The van der Waals surface area contributed by atoms with Crippen LogP contribution >= 0.6 is 27.5 Å². The lowest BCUT2D eigenvalue weighted by Gasteiger charge is -2.13. The van der Waals surface area contributed by atoms with Crippen molar-refractivity contribution in [3.05, 3.63) is 97.5 Å². The third-order valence-corrected chi connectivity index (χ3v) is 5.20. The number of hydrogen-bond acceptors (Lipinski definition) is 7. The van der Waals surface area contributed by atoms with Crippen LogP contribution in [-0.2, 0) is 4.79 Å². The van der Waals surface area contributed by atoms with Crippen molar-refractivity contribution in [3.8, 4) is 11.5 Å². The second-order valence-electron chi connectivity index (χ2n) is 6.77. The number of carbonyl (C=O) groups excluding carboxylic acids is 2. The number of hydrogen-bond donors (Lipinski definition) is 1. The molecule has 0 saturated heterocycles. The van der Waals surface area contributed by atoms with E-state index in [4.69, 9.17) is 21.1 Å². The molecule has 0 aromatic heterocycles. The fourth-order valence-corrected chi connectivity index (χ4v) is 3.29. The summed E-state index contributed by atoms with van der Waals surface area (Å²) in [5.74, 6) is -1.15. The number of ether oxygens (including phenoxy) is 2. The second-order valence-corrected chi connectivity index (χ2v) is 8.09. The lowest BCUT2D eigenvalue weighted by molar-refractivity contribution is -0.386. The van der Waals surface area contributed by atoms with E-state index in [0.29, 0.717) is 10.0 Å². The number of nitrogens with one attached hydrogen (secondary N) is 1. The molecule has 34 heavy (non-hydrogen) atoms. The van der Waals surface area contributed by atoms with Gasteiger partial charge in [-0.15, -0.1) is 0 Å². The zero-order valence-electron chi connectivity index (χ0n) is 17.6. The zero-order chi connectivity index (χ0) is 24.7. The summed E-state index contributed by atoms with van der Waals surface area (Å²) in [4.78, 5) is 35.3. The lowest BCUT2D eigenvalue weighted by atomic mass is 10.2. The number of hydrazone groups is 1. The third-order valence-electron chi connectivity index (χ3n) is 4.38. The molecule has 0 aliphatic heterocycles. The largest absolute Gasteiger partial charge is 0.474 e. The molecule has 0 fully saturated rings. The number of carbonyl (C=O) groups is 2. The summed E-state index contributed by atoms with van der Waals surface area (Å²) in [7, 11) is 0. The smallest absolute Gasteiger partial charge is 0.345 e. The van der Waals surface area contributed by atoms with Crippen LogP contribution in [0.5, 0.6) is 11.5 Å². The van der Waals surface area contributed by atoms with Gasteiger partial charge in [0.05, 0.1) is 21.7 Å². The van der Waals surface area contributed by atoms with Crippen molar-refractivity contribution in [3.63, 3.8) is 0 Å². The summed E-state index contributed by atoms with van der Waals surface area (Å²) in [6.07, 6.45) is 0.216. The topological polar surface area (TPSA) is 120 Å². The number of para-hydroxylation sites is 2. The van der Waals surface area contributed by atoms with Crippen molar-refractivity contribution in [2.24, 2.45) is 5.10 Å². The number of nitro benzene ring substituents is 1. The predicted molar refractivity (Wildman–Crippen MR) is 129 cm³/mol. The molecule has 0 aliphatic carbocycles. The number of nitro groups is 1. The Morgan fingerprint density at radius 1 is 1.12 bits per heavy atom. The van der Waals surface area contributed by atoms with Crippen molar-refractivity contribution in [1.82, 2.24) is 5.43 Å². The van der Waals surface area contributed by atoms with Crippen LogP contribution in [0.3, 0.4) is 0 Å². The van der Waals surface area contributed by atoms with E-state index in [0.717, 1.165) is 0 Å². The van der Waals surface area contributed by atoms with Crippen molar-refractivity contribution >= 4 is 51.3 Å². The van der Waals surface area contributed by atoms with Gasteiger partial charge in [0.25, 0.3) is 5.91 Å². The van der Waals surface area contributed by atoms with Gasteiger partial charge in [0.2, 0.25) is 0 Å². The van der Waals surface area contributed by atoms with Crippen LogP contribution in [0.2, 0.25) is 5.02 Å². The predicted octanol–water partition coefficient (Wildman–Crippen LogP) is 5.15. The van der Waals surface area contributed by atoms with Crippen LogP contribution in [-0.4, -0.2) is 29.1 Å². The molecular formula is C23H17BrClN3O6. The van der Waals surface area contributed by atoms with Gasteiger partial charge in [-0.2, -0.15) is 5.10 Å². The van der Waals surface area contributed by atoms with Gasteiger partial charge in [0.1, 0.15) is 5.75 Å². The van der Waals surface area contributed by atoms with Gasteiger partial charge in [-0.3, -0.25) is 14.9 Å². The third kappa shape index (κ3) is 6.40. The Hall–Kier alpha value is -3.76. The Morgan fingerprint density at radius 2 is 1.82 bits per heavy atom. The van der Waals surface area contributed by atoms with E-state index in [9.17, 15) is 19.7 Å². The van der Waals surface area contributed by atoms with Gasteiger partial charge in [-0.25, -0.2) is 10.2 Å². The van der Waals surface area contributed by atoms with Crippen LogP contribution in [0.4, 0.5) is 5.69 Å². The maximum absolute atomic E-state index is 12.5. The molecule has 9 nitrogen and oxygen atoms in total. The normalized spacial score (nSPS) is 11.6. The Balaban J connectivity index is 1.69. The molecule has 0 radical (unpaired) electrons. The summed E-state index contributed by atoms with van der Waals surface area (Å²) in [6, 6.07) is 17.1. The van der Waals surface area contributed by atoms with E-state index >= 15 is 0 Å². The van der Waals surface area contributed by atoms with E-state index in [1.165, 1.54) is 37.4 Å². The quantitative estimate of drug-likeness (QED) is 0.137. The summed E-state index contributed by atoms with van der Waals surface area (Å²) < 4.78 is 11.5. The van der Waals surface area contributed by atoms with Gasteiger partial charge >= 0.3 is 11.7 Å². The molecular weight excluding hydrogens is 530 g/mol. The van der Waals surface area contributed by atoms with Crippen LogP contribution in [0, 0.1) is 10.1 Å². The van der Waals surface area contributed by atoms with Crippen molar-refractivity contribution in [2.45, 2.75) is 13.0 Å². The number of amides is 1. The number of benzene rings is 3. The van der Waals surface area contributed by atoms with Crippen LogP contribution < -0.4 is 14.9 Å². The molecule has 1 N–H and O–H groups in total. The minimum absolute atomic E-state index is 0.0418. The molecule has 11 heteroatoms. The first-order valence-electron chi connectivity index (χ1n) is 9.75. The van der Waals surface area contributed by atoms with Gasteiger partial charge < -0.3 is 9.47 Å². The average Bonchev–Trinajstić information content (AvgIpc) is 2.81. The standard InChI is InChI=1S/C23H17BrClN3O6/c1-14(33-21-9-5-4-8-19(21)28(31)32)22(29)27-26-13-15-12-16(24)10-11-20(15)34-23(30)17-6-2-3-7-18(17)25/h2-14H,1H3,(H,27,29)/b26-13-/t14-/m0/s1. The van der Waals surface area contributed by atoms with E-state index in [-0.39, 0.29) is 27.8 Å². The van der Waals surface area contributed by atoms with Crippen LogP contribution in [0.1, 0.15) is 22.8 Å². The molecule has 0 unspecified atom stereocenters. The van der Waals surface area contributed by atoms with E-state index in [1.807, 2.05) is 0 Å². The molecule has 0 saturated carbocycles. The highest BCUT2D eigenvalue weighted by atomic mass is 79.9. The molecule has 3 aromatic carbocycles. The van der Waals surface area contributed by atoms with Gasteiger partial charge in [-0.1, -0.05) is 51.8 Å². The molecule has 3 aromatic rings.